The average Bonchev–Trinajstić information content (AvgIpc) is 2.66. The summed E-state index contributed by atoms with van der Waals surface area (Å²) in [5.74, 6) is 2.18. The van der Waals surface area contributed by atoms with Crippen molar-refractivity contribution in [3.05, 3.63) is 11.7 Å². The molecular formula is C10H18N4O. The second kappa shape index (κ2) is 5.23. The second-order valence-electron chi connectivity index (χ2n) is 4.05. The monoisotopic (exact) mass is 210 g/mol. The molecule has 0 atom stereocenters. The van der Waals surface area contributed by atoms with Crippen molar-refractivity contribution >= 4 is 0 Å². The van der Waals surface area contributed by atoms with Crippen molar-refractivity contribution in [2.24, 2.45) is 5.92 Å². The molecule has 0 aromatic carbocycles. The first-order chi connectivity index (χ1) is 7.34. The van der Waals surface area contributed by atoms with Crippen molar-refractivity contribution in [1.29, 1.82) is 0 Å². The van der Waals surface area contributed by atoms with Gasteiger partial charge in [0.2, 0.25) is 5.89 Å². The molecule has 1 aliphatic heterocycles. The van der Waals surface area contributed by atoms with Crippen LogP contribution >= 0.6 is 0 Å². The first-order valence-electron chi connectivity index (χ1n) is 5.55. The van der Waals surface area contributed by atoms with E-state index in [1.807, 2.05) is 6.92 Å². The van der Waals surface area contributed by atoms with Crippen LogP contribution in [0, 0.1) is 12.8 Å². The predicted octanol–water partition coefficient (Wildman–Crippen LogP) is 0.467. The van der Waals surface area contributed by atoms with Gasteiger partial charge in [-0.3, -0.25) is 0 Å². The molecule has 0 bridgehead atoms. The third-order valence-electron chi connectivity index (χ3n) is 2.74. The lowest BCUT2D eigenvalue weighted by atomic mass is 9.98. The van der Waals surface area contributed by atoms with Crippen LogP contribution in [0.3, 0.4) is 0 Å². The summed E-state index contributed by atoms with van der Waals surface area (Å²) < 4.78 is 4.90. The van der Waals surface area contributed by atoms with Gasteiger partial charge >= 0.3 is 0 Å². The summed E-state index contributed by atoms with van der Waals surface area (Å²) in [5.41, 5.74) is 0. The Morgan fingerprint density at radius 2 is 2.27 bits per heavy atom. The first-order valence-corrected chi connectivity index (χ1v) is 5.55. The molecule has 0 spiro atoms. The molecule has 2 N–H and O–H groups in total. The maximum atomic E-state index is 4.90. The quantitative estimate of drug-likeness (QED) is 0.756. The Labute approximate surface area is 89.6 Å². The van der Waals surface area contributed by atoms with Gasteiger partial charge in [-0.15, -0.1) is 0 Å². The summed E-state index contributed by atoms with van der Waals surface area (Å²) in [7, 11) is 0. The molecule has 1 saturated heterocycles. The predicted molar refractivity (Wildman–Crippen MR) is 56.3 cm³/mol. The van der Waals surface area contributed by atoms with Crippen LogP contribution < -0.4 is 10.6 Å². The lowest BCUT2D eigenvalue weighted by Crippen LogP contribution is -2.33. The van der Waals surface area contributed by atoms with E-state index in [9.17, 15) is 0 Å². The summed E-state index contributed by atoms with van der Waals surface area (Å²) in [4.78, 5) is 4.14. The van der Waals surface area contributed by atoms with Gasteiger partial charge < -0.3 is 15.2 Å². The molecule has 1 fully saturated rings. The maximum absolute atomic E-state index is 4.90. The van der Waals surface area contributed by atoms with Crippen molar-refractivity contribution in [2.75, 3.05) is 19.6 Å². The molecule has 1 aromatic heterocycles. The van der Waals surface area contributed by atoms with Gasteiger partial charge in [-0.25, -0.2) is 0 Å². The fraction of sp³-hybridized carbons (Fsp3) is 0.800. The van der Waals surface area contributed by atoms with Crippen LogP contribution in [0.5, 0.6) is 0 Å². The smallest absolute Gasteiger partial charge is 0.223 e. The van der Waals surface area contributed by atoms with E-state index in [4.69, 9.17) is 4.52 Å². The third kappa shape index (κ3) is 3.28. The van der Waals surface area contributed by atoms with E-state index in [-0.39, 0.29) is 0 Å². The highest BCUT2D eigenvalue weighted by Crippen LogP contribution is 2.09. The molecule has 0 saturated carbocycles. The number of hydrogen-bond acceptors (Lipinski definition) is 5. The zero-order chi connectivity index (χ0) is 10.5. The van der Waals surface area contributed by atoms with Gasteiger partial charge in [0.15, 0.2) is 5.82 Å². The van der Waals surface area contributed by atoms with Crippen LogP contribution in [-0.2, 0) is 6.54 Å². The number of aromatic nitrogens is 2. The molecule has 15 heavy (non-hydrogen) atoms. The zero-order valence-corrected chi connectivity index (χ0v) is 9.12. The normalized spacial score (nSPS) is 18.2. The molecule has 5 heteroatoms. The van der Waals surface area contributed by atoms with E-state index in [1.165, 1.54) is 12.8 Å². The van der Waals surface area contributed by atoms with E-state index in [2.05, 4.69) is 20.8 Å². The molecule has 0 aliphatic carbocycles. The van der Waals surface area contributed by atoms with Gasteiger partial charge in [0.05, 0.1) is 6.54 Å². The standard InChI is InChI=1S/C10H18N4O/c1-8-13-10(14-15-8)7-12-6-9-2-4-11-5-3-9/h9,11-12H,2-7H2,1H3. The van der Waals surface area contributed by atoms with Crippen LogP contribution in [0.1, 0.15) is 24.6 Å². The van der Waals surface area contributed by atoms with Gasteiger partial charge in [-0.1, -0.05) is 5.16 Å². The van der Waals surface area contributed by atoms with Gasteiger partial charge in [-0.05, 0) is 38.4 Å². The Balaban J connectivity index is 1.65. The molecule has 5 nitrogen and oxygen atoms in total. The van der Waals surface area contributed by atoms with Crippen molar-refractivity contribution in [3.63, 3.8) is 0 Å². The minimum atomic E-state index is 0.633. The Morgan fingerprint density at radius 1 is 1.47 bits per heavy atom. The van der Waals surface area contributed by atoms with Gasteiger partial charge in [0.25, 0.3) is 0 Å². The van der Waals surface area contributed by atoms with E-state index in [0.29, 0.717) is 12.4 Å². The number of nitrogens with zero attached hydrogens (tertiary/aromatic N) is 2. The number of aryl methyl sites for hydroxylation is 1. The first kappa shape index (κ1) is 10.6. The van der Waals surface area contributed by atoms with E-state index in [1.54, 1.807) is 0 Å². The Morgan fingerprint density at radius 3 is 2.93 bits per heavy atom. The van der Waals surface area contributed by atoms with Crippen LogP contribution in [-0.4, -0.2) is 29.8 Å². The highest BCUT2D eigenvalue weighted by molar-refractivity contribution is 4.83. The van der Waals surface area contributed by atoms with Crippen LogP contribution in [0.15, 0.2) is 4.52 Å². The lowest BCUT2D eigenvalue weighted by Gasteiger charge is -2.22. The van der Waals surface area contributed by atoms with E-state index >= 15 is 0 Å². The molecule has 2 heterocycles. The zero-order valence-electron chi connectivity index (χ0n) is 9.12. The van der Waals surface area contributed by atoms with E-state index in [0.717, 1.165) is 31.4 Å². The highest BCUT2D eigenvalue weighted by atomic mass is 16.5. The van der Waals surface area contributed by atoms with Gasteiger partial charge in [-0.2, -0.15) is 4.98 Å². The van der Waals surface area contributed by atoms with Crippen molar-refractivity contribution in [2.45, 2.75) is 26.3 Å². The average molecular weight is 210 g/mol. The number of hydrogen-bond donors (Lipinski definition) is 2. The van der Waals surface area contributed by atoms with Gasteiger partial charge in [0, 0.05) is 6.92 Å². The number of nitrogens with one attached hydrogen (secondary N) is 2. The molecule has 84 valence electrons. The van der Waals surface area contributed by atoms with Crippen LogP contribution in [0.4, 0.5) is 0 Å². The maximum Gasteiger partial charge on any atom is 0.223 e. The van der Waals surface area contributed by atoms with Crippen molar-refractivity contribution < 1.29 is 4.52 Å². The van der Waals surface area contributed by atoms with Gasteiger partial charge in [0.1, 0.15) is 0 Å². The van der Waals surface area contributed by atoms with Crippen LogP contribution in [0.2, 0.25) is 0 Å². The Bertz CT molecular complexity index is 293. The van der Waals surface area contributed by atoms with Crippen LogP contribution in [0.25, 0.3) is 0 Å². The summed E-state index contributed by atoms with van der Waals surface area (Å²) in [6.45, 7) is 5.86. The summed E-state index contributed by atoms with van der Waals surface area (Å²) in [6, 6.07) is 0. The Hall–Kier alpha value is -0.940. The molecule has 0 radical (unpaired) electrons. The second-order valence-corrected chi connectivity index (χ2v) is 4.05. The highest BCUT2D eigenvalue weighted by Gasteiger charge is 2.12. The van der Waals surface area contributed by atoms with Crippen molar-refractivity contribution in [3.8, 4) is 0 Å². The minimum Gasteiger partial charge on any atom is -0.340 e. The fourth-order valence-corrected chi connectivity index (χ4v) is 1.89. The summed E-state index contributed by atoms with van der Waals surface area (Å²) >= 11 is 0. The lowest BCUT2D eigenvalue weighted by molar-refractivity contribution is 0.351. The molecular weight excluding hydrogens is 192 g/mol. The summed E-state index contributed by atoms with van der Waals surface area (Å²) in [5, 5.41) is 10.6. The SMILES string of the molecule is Cc1nc(CNCC2CCNCC2)no1. The topological polar surface area (TPSA) is 63.0 Å². The third-order valence-corrected chi connectivity index (χ3v) is 2.74. The fourth-order valence-electron chi connectivity index (χ4n) is 1.89. The molecule has 1 aromatic rings. The number of piperidine rings is 1. The molecule has 0 amide bonds. The largest absolute Gasteiger partial charge is 0.340 e. The number of rotatable bonds is 4. The molecule has 2 rings (SSSR count). The molecule has 1 aliphatic rings. The summed E-state index contributed by atoms with van der Waals surface area (Å²) in [6.07, 6.45) is 2.52. The van der Waals surface area contributed by atoms with Crippen molar-refractivity contribution in [1.82, 2.24) is 20.8 Å². The van der Waals surface area contributed by atoms with E-state index < -0.39 is 0 Å². The Kier molecular flexibility index (Phi) is 3.69. The molecule has 0 unspecified atom stereocenters. The minimum absolute atomic E-state index is 0.633.